The predicted octanol–water partition coefficient (Wildman–Crippen LogP) is 5.64. The molecular formula is C27H30O3. The molecule has 30 heavy (non-hydrogen) atoms. The third-order valence-electron chi connectivity index (χ3n) is 8.23. The van der Waals surface area contributed by atoms with Crippen LogP contribution in [0.2, 0.25) is 0 Å². The Balaban J connectivity index is 1.22. The molecular weight excluding hydrogens is 372 g/mol. The highest BCUT2D eigenvalue weighted by molar-refractivity contribution is 5.42. The Hall–Kier alpha value is -2.10. The van der Waals surface area contributed by atoms with E-state index < -0.39 is 5.79 Å². The third kappa shape index (κ3) is 2.72. The molecule has 156 valence electrons. The summed E-state index contributed by atoms with van der Waals surface area (Å²) in [5, 5.41) is 0. The van der Waals surface area contributed by atoms with Crippen LogP contribution in [-0.2, 0) is 22.5 Å². The van der Waals surface area contributed by atoms with Gasteiger partial charge in [-0.3, -0.25) is 0 Å². The fourth-order valence-electron chi connectivity index (χ4n) is 6.68. The molecule has 0 N–H and O–H groups in total. The van der Waals surface area contributed by atoms with Crippen LogP contribution in [-0.4, -0.2) is 19.0 Å². The van der Waals surface area contributed by atoms with Gasteiger partial charge in [-0.05, 0) is 78.3 Å². The van der Waals surface area contributed by atoms with Crippen LogP contribution in [0.15, 0.2) is 60.7 Å². The monoisotopic (exact) mass is 402 g/mol. The molecule has 4 unspecified atom stereocenters. The predicted molar refractivity (Wildman–Crippen MR) is 116 cm³/mol. The molecule has 1 spiro atoms. The second-order valence-corrected chi connectivity index (χ2v) is 9.65. The van der Waals surface area contributed by atoms with Crippen molar-refractivity contribution in [3.05, 3.63) is 77.4 Å². The Morgan fingerprint density at radius 2 is 1.87 bits per heavy atom. The van der Waals surface area contributed by atoms with Crippen LogP contribution in [0.3, 0.4) is 0 Å². The zero-order valence-electron chi connectivity index (χ0n) is 17.7. The van der Waals surface area contributed by atoms with Crippen LogP contribution in [0.4, 0.5) is 0 Å². The normalized spacial score (nSPS) is 33.2. The van der Waals surface area contributed by atoms with Gasteiger partial charge in [0.15, 0.2) is 5.79 Å². The van der Waals surface area contributed by atoms with Gasteiger partial charge < -0.3 is 14.2 Å². The number of hydrogen-bond donors (Lipinski definition) is 0. The standard InChI is InChI=1S/C27H30O3/c1-26-13-11-23-22-10-8-21(28-18-19-5-3-2-4-6-19)17-20(22)7-9-24(23)25(26)12-14-27(26)29-15-16-30-27/h2-6,8,10,12,14,17,23-25H,7,9,11,13,15-16,18H2,1H3. The summed E-state index contributed by atoms with van der Waals surface area (Å²) in [6.07, 6.45) is 9.39. The molecule has 1 saturated heterocycles. The van der Waals surface area contributed by atoms with Crippen molar-refractivity contribution < 1.29 is 14.2 Å². The van der Waals surface area contributed by atoms with Crippen molar-refractivity contribution in [1.29, 1.82) is 0 Å². The highest BCUT2D eigenvalue weighted by atomic mass is 16.7. The Kier molecular flexibility index (Phi) is 4.33. The molecule has 0 radical (unpaired) electrons. The Bertz CT molecular complexity index is 959. The number of rotatable bonds is 3. The van der Waals surface area contributed by atoms with E-state index in [0.29, 0.717) is 24.4 Å². The van der Waals surface area contributed by atoms with Gasteiger partial charge in [-0.25, -0.2) is 0 Å². The van der Waals surface area contributed by atoms with Gasteiger partial charge in [0.05, 0.1) is 13.2 Å². The van der Waals surface area contributed by atoms with Crippen LogP contribution < -0.4 is 4.74 Å². The van der Waals surface area contributed by atoms with Gasteiger partial charge in [0.25, 0.3) is 0 Å². The summed E-state index contributed by atoms with van der Waals surface area (Å²) in [6.45, 7) is 4.46. The summed E-state index contributed by atoms with van der Waals surface area (Å²) < 4.78 is 18.5. The van der Waals surface area contributed by atoms with Crippen LogP contribution in [0, 0.1) is 17.3 Å². The van der Waals surface area contributed by atoms with E-state index in [-0.39, 0.29) is 5.41 Å². The average molecular weight is 403 g/mol. The fourth-order valence-corrected chi connectivity index (χ4v) is 6.68. The van der Waals surface area contributed by atoms with Gasteiger partial charge in [0.2, 0.25) is 0 Å². The molecule has 2 aromatic carbocycles. The first-order valence-electron chi connectivity index (χ1n) is 11.5. The van der Waals surface area contributed by atoms with Crippen LogP contribution in [0.1, 0.15) is 48.8 Å². The van der Waals surface area contributed by atoms with Crippen molar-refractivity contribution in [1.82, 2.24) is 0 Å². The van der Waals surface area contributed by atoms with E-state index in [1.807, 2.05) is 6.07 Å². The number of allylic oxidation sites excluding steroid dienone is 1. The lowest BCUT2D eigenvalue weighted by Gasteiger charge is -2.52. The minimum absolute atomic E-state index is 0.0703. The third-order valence-corrected chi connectivity index (χ3v) is 8.23. The van der Waals surface area contributed by atoms with Crippen molar-refractivity contribution in [2.45, 2.75) is 50.9 Å². The van der Waals surface area contributed by atoms with E-state index in [0.717, 1.165) is 31.8 Å². The molecule has 4 atom stereocenters. The first kappa shape index (κ1) is 18.7. The average Bonchev–Trinajstić information content (AvgIpc) is 3.38. The molecule has 0 amide bonds. The maximum atomic E-state index is 6.18. The number of fused-ring (bicyclic) bond motifs is 6. The lowest BCUT2D eigenvalue weighted by Crippen LogP contribution is -2.52. The minimum atomic E-state index is -0.474. The summed E-state index contributed by atoms with van der Waals surface area (Å²) in [4.78, 5) is 0. The highest BCUT2D eigenvalue weighted by Gasteiger charge is 2.62. The van der Waals surface area contributed by atoms with E-state index in [4.69, 9.17) is 14.2 Å². The number of ether oxygens (including phenoxy) is 3. The second-order valence-electron chi connectivity index (χ2n) is 9.65. The summed E-state index contributed by atoms with van der Waals surface area (Å²) in [6, 6.07) is 17.2. The minimum Gasteiger partial charge on any atom is -0.489 e. The van der Waals surface area contributed by atoms with Gasteiger partial charge in [-0.2, -0.15) is 0 Å². The summed E-state index contributed by atoms with van der Waals surface area (Å²) in [5.74, 6) is 2.37. The topological polar surface area (TPSA) is 27.7 Å². The van der Waals surface area contributed by atoms with E-state index >= 15 is 0 Å². The van der Waals surface area contributed by atoms with Crippen molar-refractivity contribution >= 4 is 0 Å². The summed E-state index contributed by atoms with van der Waals surface area (Å²) >= 11 is 0. The largest absolute Gasteiger partial charge is 0.489 e. The first-order chi connectivity index (χ1) is 14.7. The first-order valence-corrected chi connectivity index (χ1v) is 11.5. The summed E-state index contributed by atoms with van der Waals surface area (Å²) in [5.41, 5.74) is 4.31. The molecule has 1 saturated carbocycles. The van der Waals surface area contributed by atoms with Gasteiger partial charge in [0, 0.05) is 5.41 Å². The SMILES string of the molecule is CC12CCC3c4ccc(OCc5ccccc5)cc4CCC3C1C=CC21OCCO1. The molecule has 3 nitrogen and oxygen atoms in total. The van der Waals surface area contributed by atoms with Crippen molar-refractivity contribution in [3.8, 4) is 5.75 Å². The van der Waals surface area contributed by atoms with Gasteiger partial charge in [-0.1, -0.05) is 49.4 Å². The Labute approximate surface area is 179 Å². The second kappa shape index (κ2) is 6.96. The molecule has 0 bridgehead atoms. The van der Waals surface area contributed by atoms with Gasteiger partial charge in [0.1, 0.15) is 12.4 Å². The maximum Gasteiger partial charge on any atom is 0.193 e. The molecule has 3 aliphatic carbocycles. The quantitative estimate of drug-likeness (QED) is 0.622. The van der Waals surface area contributed by atoms with E-state index in [9.17, 15) is 0 Å². The summed E-state index contributed by atoms with van der Waals surface area (Å²) in [7, 11) is 0. The van der Waals surface area contributed by atoms with E-state index in [1.165, 1.54) is 24.0 Å². The van der Waals surface area contributed by atoms with Crippen molar-refractivity contribution in [2.75, 3.05) is 13.2 Å². The van der Waals surface area contributed by atoms with Crippen LogP contribution in [0.5, 0.6) is 5.75 Å². The molecule has 4 aliphatic rings. The maximum absolute atomic E-state index is 6.18. The zero-order chi connectivity index (χ0) is 20.2. The Morgan fingerprint density at radius 1 is 1.03 bits per heavy atom. The molecule has 6 rings (SSSR count). The molecule has 2 aromatic rings. The number of benzene rings is 2. The van der Waals surface area contributed by atoms with E-state index in [1.54, 1.807) is 5.56 Å². The molecule has 0 aromatic heterocycles. The molecule has 1 heterocycles. The Morgan fingerprint density at radius 3 is 2.70 bits per heavy atom. The number of hydrogen-bond acceptors (Lipinski definition) is 3. The van der Waals surface area contributed by atoms with Gasteiger partial charge >= 0.3 is 0 Å². The highest BCUT2D eigenvalue weighted by Crippen LogP contribution is 2.63. The molecule has 3 heteroatoms. The lowest BCUT2D eigenvalue weighted by molar-refractivity contribution is -0.215. The van der Waals surface area contributed by atoms with Gasteiger partial charge in [-0.15, -0.1) is 0 Å². The fraction of sp³-hybridized carbons (Fsp3) is 0.481. The zero-order valence-corrected chi connectivity index (χ0v) is 17.7. The lowest BCUT2D eigenvalue weighted by atomic mass is 9.54. The van der Waals surface area contributed by atoms with E-state index in [2.05, 4.69) is 61.5 Å². The number of aryl methyl sites for hydroxylation is 1. The smallest absolute Gasteiger partial charge is 0.193 e. The van der Waals surface area contributed by atoms with Crippen LogP contribution in [0.25, 0.3) is 0 Å². The molecule has 2 fully saturated rings. The van der Waals surface area contributed by atoms with Crippen LogP contribution >= 0.6 is 0 Å². The van der Waals surface area contributed by atoms with Crippen molar-refractivity contribution in [3.63, 3.8) is 0 Å². The molecule has 1 aliphatic heterocycles. The van der Waals surface area contributed by atoms with Crippen molar-refractivity contribution in [2.24, 2.45) is 17.3 Å².